The monoisotopic (exact) mass is 758 g/mol. The van der Waals surface area contributed by atoms with Gasteiger partial charge >= 0.3 is 98.9 Å². The molecule has 0 atom stereocenters. The number of benzene rings is 4. The zero-order chi connectivity index (χ0) is 28.8. The van der Waals surface area contributed by atoms with E-state index in [1.54, 1.807) is 0 Å². The van der Waals surface area contributed by atoms with E-state index < -0.39 is 0 Å². The molecule has 0 radical (unpaired) electrons. The molecule has 42 heavy (non-hydrogen) atoms. The maximum absolute atomic E-state index is 3.67. The first-order chi connectivity index (χ1) is 19.0. The molecule has 0 nitrogen and oxygen atoms in total. The van der Waals surface area contributed by atoms with Crippen molar-refractivity contribution in [3.8, 4) is 11.1 Å². The molecule has 0 amide bonds. The van der Waals surface area contributed by atoms with Gasteiger partial charge in [0.1, 0.15) is 0 Å². The van der Waals surface area contributed by atoms with Gasteiger partial charge < -0.3 is 24.8 Å². The number of halogens is 2. The van der Waals surface area contributed by atoms with Crippen molar-refractivity contribution in [3.05, 3.63) is 161 Å². The molecule has 0 aliphatic heterocycles. The molecule has 1 aliphatic rings. The molecule has 1 aliphatic carbocycles. The molecule has 0 saturated heterocycles. The quantitative estimate of drug-likeness (QED) is 0.186. The van der Waals surface area contributed by atoms with Gasteiger partial charge in [-0.3, -0.25) is 0 Å². The minimum atomic E-state index is 0. The molecule has 0 unspecified atom stereocenters. The van der Waals surface area contributed by atoms with Crippen LogP contribution in [-0.4, -0.2) is 3.26 Å². The summed E-state index contributed by atoms with van der Waals surface area (Å²) in [6.45, 7) is 13.6. The van der Waals surface area contributed by atoms with Crippen LogP contribution in [0.1, 0.15) is 74.9 Å². The summed E-state index contributed by atoms with van der Waals surface area (Å²) in [5.41, 5.74) is 11.4. The van der Waals surface area contributed by atoms with Crippen molar-refractivity contribution in [2.75, 3.05) is 0 Å². The van der Waals surface area contributed by atoms with Gasteiger partial charge in [-0.05, 0) is 28.4 Å². The molecule has 0 bridgehead atoms. The maximum atomic E-state index is 3.67. The fourth-order valence-electron chi connectivity index (χ4n) is 4.72. The number of rotatable bonds is 2. The van der Waals surface area contributed by atoms with Gasteiger partial charge in [0.2, 0.25) is 0 Å². The summed E-state index contributed by atoms with van der Waals surface area (Å²) >= 11 is 1.08. The van der Waals surface area contributed by atoms with Crippen LogP contribution < -0.4 is 24.8 Å². The Morgan fingerprint density at radius 2 is 1.17 bits per heavy atom. The second-order valence-corrected chi connectivity index (χ2v) is 14.2. The average Bonchev–Trinajstić information content (AvgIpc) is 3.64. The topological polar surface area (TPSA) is 0 Å². The number of hydrogen-bond donors (Lipinski definition) is 0. The molecule has 0 aromatic heterocycles. The third kappa shape index (κ3) is 9.53. The molecule has 216 valence electrons. The summed E-state index contributed by atoms with van der Waals surface area (Å²) in [6.07, 6.45) is 1.03. The van der Waals surface area contributed by atoms with Gasteiger partial charge in [-0.1, -0.05) is 65.3 Å². The van der Waals surface area contributed by atoms with Crippen molar-refractivity contribution >= 4 is 3.26 Å². The zero-order valence-electron chi connectivity index (χ0n) is 25.5. The van der Waals surface area contributed by atoms with E-state index in [2.05, 4.69) is 139 Å². The minimum absolute atomic E-state index is 0. The van der Waals surface area contributed by atoms with E-state index in [0.29, 0.717) is 0 Å². The fourth-order valence-corrected chi connectivity index (χ4v) is 5.92. The fraction of sp³-hybridized carbons (Fsp3) is 0.231. The van der Waals surface area contributed by atoms with E-state index in [-0.39, 0.29) is 35.6 Å². The Hall–Kier alpha value is -2.45. The Morgan fingerprint density at radius 3 is 1.62 bits per heavy atom. The second kappa shape index (κ2) is 15.9. The van der Waals surface area contributed by atoms with Crippen LogP contribution in [0.15, 0.2) is 121 Å². The van der Waals surface area contributed by atoms with Crippen molar-refractivity contribution in [2.45, 2.75) is 58.8 Å². The Bertz CT molecular complexity index is 1400. The Morgan fingerprint density at radius 1 is 0.643 bits per heavy atom. The van der Waals surface area contributed by atoms with Crippen molar-refractivity contribution in [1.29, 1.82) is 0 Å². The Kier molecular flexibility index (Phi) is 13.5. The standard InChI is InChI=1S/C21H25.C13H10.C5H5.2ClH.Hf/c1-20(2,3)16-7-9-18-14(12-16)11-15-13-17(21(4,5)6)8-10-19(15)18;1-3-7-12(8-4-1)11-13-9-5-2-6-10-13;1-2-4-5-3-1;;;/h7-10,12H,11H2,1-6H3;1-10H;1-5H;2*1H;/q-1;;-1;;;+2/p-2. The van der Waals surface area contributed by atoms with Crippen LogP contribution in [0.5, 0.6) is 0 Å². The van der Waals surface area contributed by atoms with Crippen LogP contribution >= 0.6 is 0 Å². The maximum Gasteiger partial charge on any atom is -0.172 e. The van der Waals surface area contributed by atoms with Crippen LogP contribution in [0.4, 0.5) is 0 Å². The molecule has 0 N–H and O–H groups in total. The Labute approximate surface area is 280 Å². The third-order valence-corrected chi connectivity index (χ3v) is 9.22. The normalized spacial score (nSPS) is 11.2. The average molecular weight is 758 g/mol. The van der Waals surface area contributed by atoms with Crippen molar-refractivity contribution in [2.24, 2.45) is 0 Å². The van der Waals surface area contributed by atoms with Gasteiger partial charge in [-0.25, -0.2) is 12.1 Å². The zero-order valence-corrected chi connectivity index (χ0v) is 30.6. The van der Waals surface area contributed by atoms with Crippen molar-refractivity contribution in [3.63, 3.8) is 0 Å². The first-order valence-electron chi connectivity index (χ1n) is 14.1. The van der Waals surface area contributed by atoms with Gasteiger partial charge in [0, 0.05) is 0 Å². The molecule has 3 heteroatoms. The summed E-state index contributed by atoms with van der Waals surface area (Å²) in [6, 6.07) is 46.4. The summed E-state index contributed by atoms with van der Waals surface area (Å²) in [7, 11) is 0. The van der Waals surface area contributed by atoms with Gasteiger partial charge in [-0.2, -0.15) is 42.0 Å². The number of fused-ring (bicyclic) bond motifs is 3. The molecule has 0 fully saturated rings. The second-order valence-electron chi connectivity index (χ2n) is 12.4. The minimum Gasteiger partial charge on any atom is -0.214 e. The molecule has 0 spiro atoms. The summed E-state index contributed by atoms with van der Waals surface area (Å²) < 4.78 is 1.46. The van der Waals surface area contributed by atoms with E-state index in [9.17, 15) is 0 Å². The first kappa shape index (κ1) is 35.7. The first-order valence-corrected chi connectivity index (χ1v) is 15.9. The van der Waals surface area contributed by atoms with E-state index in [4.69, 9.17) is 0 Å². The predicted molar refractivity (Wildman–Crippen MR) is 169 cm³/mol. The van der Waals surface area contributed by atoms with Crippen LogP contribution in [0, 0.1) is 6.07 Å². The van der Waals surface area contributed by atoms with Crippen molar-refractivity contribution in [1.82, 2.24) is 0 Å². The third-order valence-electron chi connectivity index (χ3n) is 7.14. The van der Waals surface area contributed by atoms with Crippen LogP contribution in [0.3, 0.4) is 0 Å². The number of hydrogen-bond acceptors (Lipinski definition) is 0. The molecular weight excluding hydrogens is 718 g/mol. The van der Waals surface area contributed by atoms with E-state index in [1.165, 1.54) is 47.8 Å². The van der Waals surface area contributed by atoms with Crippen LogP contribution in [0.2, 0.25) is 0 Å². The predicted octanol–water partition coefficient (Wildman–Crippen LogP) is 3.87. The molecule has 0 saturated carbocycles. The summed E-state index contributed by atoms with van der Waals surface area (Å²) in [5, 5.41) is 0. The van der Waals surface area contributed by atoms with E-state index in [0.717, 1.165) is 30.3 Å². The molecule has 5 aromatic rings. The van der Waals surface area contributed by atoms with Gasteiger partial charge in [-0.15, -0.1) is 11.1 Å². The summed E-state index contributed by atoms with van der Waals surface area (Å²) in [5.74, 6) is 0. The molecule has 6 rings (SSSR count). The van der Waals surface area contributed by atoms with Crippen molar-refractivity contribution < 1.29 is 48.7 Å². The smallest absolute Gasteiger partial charge is 0.172 e. The van der Waals surface area contributed by atoms with E-state index in [1.807, 2.05) is 30.3 Å². The Balaban J connectivity index is 0.000000253. The largest absolute Gasteiger partial charge is 0.214 e. The van der Waals surface area contributed by atoms with E-state index >= 15 is 0 Å². The summed E-state index contributed by atoms with van der Waals surface area (Å²) in [4.78, 5) is 0. The molecule has 0 heterocycles. The molecule has 5 aromatic carbocycles. The molecular formula is C39H40Cl2Hf-2. The SMILES string of the molecule is CC(C)(C)c1[c-]c2c(cc1)-c1ccc(C(C)(C)C)cc1C2.[Cl-].[Cl-].[Hf+2]=[C](c1ccccc1)c1ccccc1.c1cc[cH-]c1. The van der Waals surface area contributed by atoms with Gasteiger partial charge in [0.25, 0.3) is 0 Å². The van der Waals surface area contributed by atoms with Gasteiger partial charge in [0.15, 0.2) is 0 Å². The van der Waals surface area contributed by atoms with Gasteiger partial charge in [0.05, 0.1) is 0 Å². The van der Waals surface area contributed by atoms with Crippen LogP contribution in [0.25, 0.3) is 11.1 Å². The van der Waals surface area contributed by atoms with Crippen LogP contribution in [-0.2, 0) is 41.1 Å².